The fourth-order valence-corrected chi connectivity index (χ4v) is 4.72. The Labute approximate surface area is 183 Å². The zero-order valence-electron chi connectivity index (χ0n) is 19.0. The zero-order valence-corrected chi connectivity index (χ0v) is 19.0. The monoisotopic (exact) mass is 422 g/mol. The molecule has 0 aromatic heterocycles. The van der Waals surface area contributed by atoms with Gasteiger partial charge in [-0.2, -0.15) is 5.10 Å². The summed E-state index contributed by atoms with van der Waals surface area (Å²) in [5.74, 6) is -0.0797. The van der Waals surface area contributed by atoms with Crippen molar-refractivity contribution in [3.63, 3.8) is 0 Å². The summed E-state index contributed by atoms with van der Waals surface area (Å²) in [5, 5.41) is 15.0. The average molecular weight is 423 g/mol. The minimum Gasteiger partial charge on any atom is -0.364 e. The Morgan fingerprint density at radius 2 is 2.03 bits per heavy atom. The van der Waals surface area contributed by atoms with E-state index in [4.69, 9.17) is 0 Å². The summed E-state index contributed by atoms with van der Waals surface area (Å²) < 4.78 is 0. The van der Waals surface area contributed by atoms with Crippen LogP contribution in [0.3, 0.4) is 0 Å². The van der Waals surface area contributed by atoms with Gasteiger partial charge in [0, 0.05) is 35.0 Å². The second-order valence-corrected chi connectivity index (χ2v) is 9.16. The molecule has 1 unspecified atom stereocenters. The van der Waals surface area contributed by atoms with Crippen LogP contribution in [0.1, 0.15) is 74.0 Å². The number of carbonyl (C=O) groups is 1. The van der Waals surface area contributed by atoms with Crippen molar-refractivity contribution in [3.8, 4) is 0 Å². The van der Waals surface area contributed by atoms with Gasteiger partial charge in [-0.05, 0) is 81.8 Å². The third kappa shape index (κ3) is 4.60. The molecule has 1 amide bonds. The van der Waals surface area contributed by atoms with E-state index < -0.39 is 10.8 Å². The molecule has 3 rings (SSSR count). The van der Waals surface area contributed by atoms with Gasteiger partial charge < -0.3 is 4.90 Å². The molecule has 164 valence electrons. The lowest BCUT2D eigenvalue weighted by atomic mass is 9.78. The van der Waals surface area contributed by atoms with Gasteiger partial charge in [0.1, 0.15) is 0 Å². The van der Waals surface area contributed by atoms with Gasteiger partial charge in [-0.15, -0.1) is 0 Å². The van der Waals surface area contributed by atoms with Gasteiger partial charge in [-0.1, -0.05) is 13.0 Å². The Bertz CT molecular complexity index is 1040. The Morgan fingerprint density at radius 1 is 1.32 bits per heavy atom. The number of amides is 1. The van der Waals surface area contributed by atoms with Crippen molar-refractivity contribution in [1.29, 1.82) is 0 Å². The molecule has 0 bridgehead atoms. The molecule has 0 radical (unpaired) electrons. The minimum atomic E-state index is -0.528. The van der Waals surface area contributed by atoms with E-state index in [1.807, 2.05) is 6.92 Å². The highest BCUT2D eigenvalue weighted by Crippen LogP contribution is 2.45. The number of carbonyl (C=O) groups excluding carboxylic acids is 1. The average Bonchev–Trinajstić information content (AvgIpc) is 2.67. The highest BCUT2D eigenvalue weighted by molar-refractivity contribution is 5.95. The lowest BCUT2D eigenvalue weighted by molar-refractivity contribution is -0.384. The molecular formula is C24H30N4O3. The van der Waals surface area contributed by atoms with Crippen molar-refractivity contribution in [2.45, 2.75) is 65.5 Å². The van der Waals surface area contributed by atoms with Crippen LogP contribution in [0.25, 0.3) is 0 Å². The molecule has 1 atom stereocenters. The minimum absolute atomic E-state index is 0.0783. The summed E-state index contributed by atoms with van der Waals surface area (Å²) in [6, 6.07) is 10.3. The van der Waals surface area contributed by atoms with E-state index in [1.54, 1.807) is 6.21 Å². The predicted octanol–water partition coefficient (Wildman–Crippen LogP) is 5.17. The van der Waals surface area contributed by atoms with Gasteiger partial charge in [0.2, 0.25) is 0 Å². The van der Waals surface area contributed by atoms with Gasteiger partial charge in [-0.3, -0.25) is 14.9 Å². The molecule has 0 fully saturated rings. The quantitative estimate of drug-likeness (QED) is 0.409. The number of aryl methyl sites for hydroxylation is 1. The van der Waals surface area contributed by atoms with Crippen molar-refractivity contribution < 1.29 is 9.72 Å². The van der Waals surface area contributed by atoms with Crippen LogP contribution in [-0.4, -0.2) is 28.6 Å². The second kappa shape index (κ2) is 8.49. The lowest BCUT2D eigenvalue weighted by Gasteiger charge is -2.50. The molecule has 1 N–H and O–H groups in total. The third-order valence-corrected chi connectivity index (χ3v) is 5.87. The van der Waals surface area contributed by atoms with Crippen LogP contribution in [0, 0.1) is 17.0 Å². The van der Waals surface area contributed by atoms with Crippen molar-refractivity contribution >= 4 is 23.5 Å². The number of hydrogen-bond donors (Lipinski definition) is 1. The lowest BCUT2D eigenvalue weighted by Crippen LogP contribution is -2.51. The van der Waals surface area contributed by atoms with Gasteiger partial charge in [0.15, 0.2) is 0 Å². The van der Waals surface area contributed by atoms with Gasteiger partial charge >= 0.3 is 0 Å². The zero-order chi connectivity index (χ0) is 22.9. The Morgan fingerprint density at radius 3 is 2.68 bits per heavy atom. The number of benzene rings is 2. The Balaban J connectivity index is 1.84. The molecular weight excluding hydrogens is 392 g/mol. The van der Waals surface area contributed by atoms with E-state index in [9.17, 15) is 14.9 Å². The highest BCUT2D eigenvalue weighted by Gasteiger charge is 2.37. The predicted molar refractivity (Wildman–Crippen MR) is 124 cm³/mol. The van der Waals surface area contributed by atoms with E-state index in [2.05, 4.69) is 62.2 Å². The van der Waals surface area contributed by atoms with Gasteiger partial charge in [-0.25, -0.2) is 5.43 Å². The molecule has 0 aliphatic carbocycles. The maximum absolute atomic E-state index is 12.3. The molecule has 1 aliphatic heterocycles. The fourth-order valence-electron chi connectivity index (χ4n) is 4.72. The Kier molecular flexibility index (Phi) is 6.15. The van der Waals surface area contributed by atoms with Crippen LogP contribution in [0.5, 0.6) is 0 Å². The SMILES string of the molecule is Cc1cc2c(cc1/C=N/NC(=O)c1cccc([N+](=O)[O-])c1)C(C)CC(C)(C)N2C(C)C. The van der Waals surface area contributed by atoms with Crippen LogP contribution in [0.2, 0.25) is 0 Å². The summed E-state index contributed by atoms with van der Waals surface area (Å²) in [6.07, 6.45) is 2.69. The molecule has 0 spiro atoms. The van der Waals surface area contributed by atoms with E-state index in [1.165, 1.54) is 35.5 Å². The maximum Gasteiger partial charge on any atom is 0.271 e. The number of nitrogens with one attached hydrogen (secondary N) is 1. The third-order valence-electron chi connectivity index (χ3n) is 5.87. The summed E-state index contributed by atoms with van der Waals surface area (Å²) >= 11 is 0. The van der Waals surface area contributed by atoms with Crippen molar-refractivity contribution in [2.24, 2.45) is 5.10 Å². The molecule has 7 heteroatoms. The number of nitrogens with zero attached hydrogens (tertiary/aromatic N) is 3. The number of rotatable bonds is 5. The van der Waals surface area contributed by atoms with E-state index in [0.29, 0.717) is 12.0 Å². The first-order valence-electron chi connectivity index (χ1n) is 10.5. The standard InChI is InChI=1S/C24H30N4O3/c1-15(2)27-22-10-16(3)19(12-21(22)17(4)13-24(27,5)6)14-25-26-23(29)18-8-7-9-20(11-18)28(30)31/h7-12,14-15,17H,13H2,1-6H3,(H,26,29)/b25-14+. The van der Waals surface area contributed by atoms with E-state index in [-0.39, 0.29) is 16.8 Å². The first-order chi connectivity index (χ1) is 14.5. The molecule has 0 saturated heterocycles. The first kappa shape index (κ1) is 22.5. The number of anilines is 1. The summed E-state index contributed by atoms with van der Waals surface area (Å²) in [5.41, 5.74) is 7.16. The van der Waals surface area contributed by atoms with Gasteiger partial charge in [0.05, 0.1) is 11.1 Å². The van der Waals surface area contributed by atoms with E-state index >= 15 is 0 Å². The molecule has 1 aliphatic rings. The van der Waals surface area contributed by atoms with E-state index in [0.717, 1.165) is 17.5 Å². The van der Waals surface area contributed by atoms with Crippen LogP contribution < -0.4 is 10.3 Å². The largest absolute Gasteiger partial charge is 0.364 e. The fraction of sp³-hybridized carbons (Fsp3) is 0.417. The van der Waals surface area contributed by atoms with Crippen molar-refractivity contribution in [1.82, 2.24) is 5.43 Å². The number of nitro benzene ring substituents is 1. The second-order valence-electron chi connectivity index (χ2n) is 9.16. The van der Waals surface area contributed by atoms with Crippen molar-refractivity contribution in [3.05, 3.63) is 68.8 Å². The number of hydrogen-bond acceptors (Lipinski definition) is 5. The Hall–Kier alpha value is -3.22. The maximum atomic E-state index is 12.3. The van der Waals surface area contributed by atoms with Crippen LogP contribution in [0.15, 0.2) is 41.5 Å². The van der Waals surface area contributed by atoms with Crippen LogP contribution in [-0.2, 0) is 0 Å². The molecule has 2 aromatic rings. The van der Waals surface area contributed by atoms with Crippen LogP contribution >= 0.6 is 0 Å². The molecule has 0 saturated carbocycles. The highest BCUT2D eigenvalue weighted by atomic mass is 16.6. The van der Waals surface area contributed by atoms with Crippen LogP contribution in [0.4, 0.5) is 11.4 Å². The summed E-state index contributed by atoms with van der Waals surface area (Å²) in [4.78, 5) is 25.2. The number of hydrazone groups is 1. The molecule has 7 nitrogen and oxygen atoms in total. The summed E-state index contributed by atoms with van der Waals surface area (Å²) in [7, 11) is 0. The molecule has 1 heterocycles. The summed E-state index contributed by atoms with van der Waals surface area (Å²) in [6.45, 7) is 13.3. The number of non-ortho nitro benzene ring substituents is 1. The number of nitro groups is 1. The number of fused-ring (bicyclic) bond motifs is 1. The van der Waals surface area contributed by atoms with Crippen molar-refractivity contribution in [2.75, 3.05) is 4.90 Å². The topological polar surface area (TPSA) is 87.8 Å². The smallest absolute Gasteiger partial charge is 0.271 e. The first-order valence-corrected chi connectivity index (χ1v) is 10.5. The van der Waals surface area contributed by atoms with Gasteiger partial charge in [0.25, 0.3) is 11.6 Å². The normalized spacial score (nSPS) is 17.6. The molecule has 2 aromatic carbocycles. The molecule has 31 heavy (non-hydrogen) atoms.